The number of nitrogens with zero attached hydrogens (tertiary/aromatic N) is 2. The summed E-state index contributed by atoms with van der Waals surface area (Å²) >= 11 is 0. The van der Waals surface area contributed by atoms with E-state index in [-0.39, 0.29) is 25.2 Å². The maximum atomic E-state index is 13.8. The van der Waals surface area contributed by atoms with Crippen molar-refractivity contribution >= 4 is 11.9 Å². The second-order valence-electron chi connectivity index (χ2n) is 7.09. The lowest BCUT2D eigenvalue weighted by molar-refractivity contribution is -0.146. The van der Waals surface area contributed by atoms with E-state index in [4.69, 9.17) is 0 Å². The van der Waals surface area contributed by atoms with Gasteiger partial charge in [-0.25, -0.2) is 13.2 Å². The molecule has 3 rings (SSSR count). The Balaban J connectivity index is 1.67. The number of Topliss-reactive ketones (excluding diaryl/α,β-unsaturated/α-hetero) is 1. The fraction of sp³-hybridized carbons (Fsp3) is 0.333. The van der Waals surface area contributed by atoms with E-state index in [0.717, 1.165) is 5.57 Å². The van der Waals surface area contributed by atoms with Crippen molar-refractivity contribution in [1.82, 2.24) is 9.88 Å². The van der Waals surface area contributed by atoms with E-state index in [9.17, 15) is 31.1 Å². The van der Waals surface area contributed by atoms with Crippen molar-refractivity contribution in [2.75, 3.05) is 19.6 Å². The van der Waals surface area contributed by atoms with Gasteiger partial charge in [0.2, 0.25) is 0 Å². The Kier molecular flexibility index (Phi) is 6.60. The van der Waals surface area contributed by atoms with Crippen molar-refractivity contribution in [3.8, 4) is 0 Å². The Morgan fingerprint density at radius 3 is 2.30 bits per heavy atom. The lowest BCUT2D eigenvalue weighted by Crippen LogP contribution is -2.38. The van der Waals surface area contributed by atoms with Crippen LogP contribution in [-0.4, -0.2) is 41.5 Å². The molecule has 0 spiro atoms. The van der Waals surface area contributed by atoms with E-state index in [1.165, 1.54) is 11.0 Å². The maximum Gasteiger partial charge on any atom is 0.401 e. The second-order valence-corrected chi connectivity index (χ2v) is 7.09. The van der Waals surface area contributed by atoms with Crippen molar-refractivity contribution in [3.05, 3.63) is 70.3 Å². The summed E-state index contributed by atoms with van der Waals surface area (Å²) in [6, 6.07) is 5.69. The predicted molar refractivity (Wildman–Crippen MR) is 98.3 cm³/mol. The number of carbonyl (C=O) groups is 1. The van der Waals surface area contributed by atoms with Crippen LogP contribution in [0.1, 0.15) is 34.6 Å². The molecule has 3 nitrogen and oxygen atoms in total. The van der Waals surface area contributed by atoms with Crippen molar-refractivity contribution in [3.63, 3.8) is 0 Å². The summed E-state index contributed by atoms with van der Waals surface area (Å²) in [6.45, 7) is -0.369. The van der Waals surface area contributed by atoms with Gasteiger partial charge < -0.3 is 0 Å². The van der Waals surface area contributed by atoms with Crippen LogP contribution in [0.25, 0.3) is 6.08 Å². The summed E-state index contributed by atoms with van der Waals surface area (Å²) < 4.78 is 78.0. The third-order valence-electron chi connectivity index (χ3n) is 4.71. The summed E-state index contributed by atoms with van der Waals surface area (Å²) in [6.07, 6.45) is -1.93. The van der Waals surface area contributed by atoms with Gasteiger partial charge >= 0.3 is 6.18 Å². The minimum absolute atomic E-state index is 0.270. The standard InChI is InChI=1S/C21H18F6N2O/c22-14-9-17(23)20(18(24)10-14)19(30)11-16-3-1-2-15(28-16)8-13-4-6-29(7-5-13)12-21(25,26)27/h1-3,8-10H,4-7,11-12H2. The summed E-state index contributed by atoms with van der Waals surface area (Å²) in [7, 11) is 0. The van der Waals surface area contributed by atoms with Crippen LogP contribution in [0.15, 0.2) is 35.9 Å². The van der Waals surface area contributed by atoms with E-state index in [2.05, 4.69) is 4.98 Å². The zero-order chi connectivity index (χ0) is 21.9. The van der Waals surface area contributed by atoms with Crippen LogP contribution in [0.5, 0.6) is 0 Å². The van der Waals surface area contributed by atoms with Crippen molar-refractivity contribution in [2.24, 2.45) is 0 Å². The first kappa shape index (κ1) is 22.0. The van der Waals surface area contributed by atoms with Gasteiger partial charge in [-0.3, -0.25) is 14.7 Å². The molecule has 30 heavy (non-hydrogen) atoms. The molecule has 0 aliphatic carbocycles. The summed E-state index contributed by atoms with van der Waals surface area (Å²) in [5.41, 5.74) is 0.880. The molecular formula is C21H18F6N2O. The predicted octanol–water partition coefficient (Wildman–Crippen LogP) is 4.97. The zero-order valence-electron chi connectivity index (χ0n) is 15.8. The molecule has 1 aromatic heterocycles. The lowest BCUT2D eigenvalue weighted by atomic mass is 10.0. The first-order chi connectivity index (χ1) is 14.1. The number of likely N-dealkylation sites (tertiary alicyclic amines) is 1. The number of rotatable bonds is 5. The normalized spacial score (nSPS) is 15.3. The summed E-state index contributed by atoms with van der Waals surface area (Å²) in [5.74, 6) is -4.54. The highest BCUT2D eigenvalue weighted by Crippen LogP contribution is 2.23. The molecule has 1 fully saturated rings. The van der Waals surface area contributed by atoms with Crippen LogP contribution in [0.3, 0.4) is 0 Å². The molecule has 2 aromatic rings. The van der Waals surface area contributed by atoms with Crippen LogP contribution in [0, 0.1) is 17.5 Å². The largest absolute Gasteiger partial charge is 0.401 e. The Hall–Kier alpha value is -2.68. The van der Waals surface area contributed by atoms with E-state index < -0.39 is 41.5 Å². The van der Waals surface area contributed by atoms with E-state index in [1.807, 2.05) is 0 Å². The number of carbonyl (C=O) groups excluding carboxylic acids is 1. The van der Waals surface area contributed by atoms with E-state index >= 15 is 0 Å². The smallest absolute Gasteiger partial charge is 0.294 e. The number of halogens is 6. The number of benzene rings is 1. The molecule has 160 valence electrons. The monoisotopic (exact) mass is 428 g/mol. The van der Waals surface area contributed by atoms with Crippen molar-refractivity contribution in [1.29, 1.82) is 0 Å². The quantitative estimate of drug-likeness (QED) is 0.498. The molecule has 0 N–H and O–H groups in total. The fourth-order valence-corrected chi connectivity index (χ4v) is 3.34. The molecule has 9 heteroatoms. The highest BCUT2D eigenvalue weighted by molar-refractivity contribution is 5.97. The molecule has 2 heterocycles. The number of hydrogen-bond donors (Lipinski definition) is 0. The Bertz CT molecular complexity index is 937. The molecule has 0 atom stereocenters. The Morgan fingerprint density at radius 2 is 1.70 bits per heavy atom. The SMILES string of the molecule is O=C(Cc1cccc(C=C2CCN(CC(F)(F)F)CC2)n1)c1c(F)cc(F)cc1F. The number of hydrogen-bond acceptors (Lipinski definition) is 3. The first-order valence-electron chi connectivity index (χ1n) is 9.23. The zero-order valence-corrected chi connectivity index (χ0v) is 15.8. The molecule has 0 radical (unpaired) electrons. The van der Waals surface area contributed by atoms with Gasteiger partial charge in [-0.2, -0.15) is 13.2 Å². The lowest BCUT2D eigenvalue weighted by Gasteiger charge is -2.28. The number of piperidine rings is 1. The van der Waals surface area contributed by atoms with Gasteiger partial charge in [0, 0.05) is 30.9 Å². The van der Waals surface area contributed by atoms with Crippen LogP contribution < -0.4 is 0 Å². The van der Waals surface area contributed by atoms with Gasteiger partial charge in [0.15, 0.2) is 5.78 Å². The van der Waals surface area contributed by atoms with Gasteiger partial charge in [0.1, 0.15) is 17.5 Å². The molecule has 1 aliphatic rings. The molecule has 0 amide bonds. The number of ketones is 1. The van der Waals surface area contributed by atoms with Crippen LogP contribution >= 0.6 is 0 Å². The minimum atomic E-state index is -4.23. The molecule has 1 saturated heterocycles. The topological polar surface area (TPSA) is 33.2 Å². The molecule has 0 unspecified atom stereocenters. The van der Waals surface area contributed by atoms with Crippen molar-refractivity contribution in [2.45, 2.75) is 25.4 Å². The summed E-state index contributed by atoms with van der Waals surface area (Å²) in [5, 5.41) is 0. The Morgan fingerprint density at radius 1 is 1.07 bits per heavy atom. The van der Waals surface area contributed by atoms with Crippen LogP contribution in [0.4, 0.5) is 26.3 Å². The number of pyridine rings is 1. The molecule has 0 bridgehead atoms. The second kappa shape index (κ2) is 8.99. The number of alkyl halides is 3. The van der Waals surface area contributed by atoms with Gasteiger partial charge in [0.25, 0.3) is 0 Å². The van der Waals surface area contributed by atoms with E-state index in [0.29, 0.717) is 30.7 Å². The van der Waals surface area contributed by atoms with Crippen molar-refractivity contribution < 1.29 is 31.1 Å². The van der Waals surface area contributed by atoms with Gasteiger partial charge in [0.05, 0.1) is 24.2 Å². The van der Waals surface area contributed by atoms with Crippen LogP contribution in [-0.2, 0) is 6.42 Å². The highest BCUT2D eigenvalue weighted by atomic mass is 19.4. The minimum Gasteiger partial charge on any atom is -0.294 e. The fourth-order valence-electron chi connectivity index (χ4n) is 3.34. The maximum absolute atomic E-state index is 13.8. The molecular weight excluding hydrogens is 410 g/mol. The third-order valence-corrected chi connectivity index (χ3v) is 4.71. The first-order valence-corrected chi connectivity index (χ1v) is 9.23. The van der Waals surface area contributed by atoms with Gasteiger partial charge in [-0.15, -0.1) is 0 Å². The van der Waals surface area contributed by atoms with E-state index in [1.54, 1.807) is 18.2 Å². The third kappa shape index (κ3) is 5.91. The molecule has 1 aliphatic heterocycles. The average molecular weight is 428 g/mol. The molecule has 1 aromatic carbocycles. The van der Waals surface area contributed by atoms with Gasteiger partial charge in [-0.1, -0.05) is 11.6 Å². The van der Waals surface area contributed by atoms with Gasteiger partial charge in [-0.05, 0) is 31.1 Å². The summed E-state index contributed by atoms with van der Waals surface area (Å²) in [4.78, 5) is 17.9. The number of aromatic nitrogens is 1. The average Bonchev–Trinajstić information content (AvgIpc) is 2.61. The van der Waals surface area contributed by atoms with Crippen LogP contribution in [0.2, 0.25) is 0 Å². The molecule has 0 saturated carbocycles. The highest BCUT2D eigenvalue weighted by Gasteiger charge is 2.31. The Labute approximate surface area is 169 Å².